The standard InChI is InChI=1S/C6H10N4O3S/c1-13-3-2-10-6(7-8-9-10)14-4-5(11)12/h2-4H2,1H3,(H,11,12). The molecule has 1 rings (SSSR count). The summed E-state index contributed by atoms with van der Waals surface area (Å²) in [5.41, 5.74) is 0. The predicted molar refractivity (Wildman–Crippen MR) is 48.1 cm³/mol. The van der Waals surface area contributed by atoms with Crippen molar-refractivity contribution in [1.82, 2.24) is 20.2 Å². The summed E-state index contributed by atoms with van der Waals surface area (Å²) in [6, 6.07) is 0. The molecule has 0 aromatic carbocycles. The Balaban J connectivity index is 2.49. The summed E-state index contributed by atoms with van der Waals surface area (Å²) in [5.74, 6) is -0.941. The minimum absolute atomic E-state index is 0.0483. The minimum Gasteiger partial charge on any atom is -0.481 e. The summed E-state index contributed by atoms with van der Waals surface area (Å²) in [4.78, 5) is 10.3. The van der Waals surface area contributed by atoms with Crippen LogP contribution in [0.25, 0.3) is 0 Å². The normalized spacial score (nSPS) is 10.4. The van der Waals surface area contributed by atoms with Gasteiger partial charge in [-0.2, -0.15) is 0 Å². The zero-order valence-electron chi connectivity index (χ0n) is 7.58. The monoisotopic (exact) mass is 218 g/mol. The summed E-state index contributed by atoms with van der Waals surface area (Å²) in [5, 5.41) is 19.8. The highest BCUT2D eigenvalue weighted by molar-refractivity contribution is 7.99. The first-order valence-electron chi connectivity index (χ1n) is 3.83. The molecule has 0 aliphatic heterocycles. The summed E-state index contributed by atoms with van der Waals surface area (Å²) < 4.78 is 6.36. The van der Waals surface area contributed by atoms with Gasteiger partial charge >= 0.3 is 5.97 Å². The molecule has 7 nitrogen and oxygen atoms in total. The number of tetrazole rings is 1. The highest BCUT2D eigenvalue weighted by Gasteiger charge is 2.08. The van der Waals surface area contributed by atoms with Gasteiger partial charge in [0.2, 0.25) is 5.16 Å². The summed E-state index contributed by atoms with van der Waals surface area (Å²) in [6.45, 7) is 1.01. The zero-order valence-corrected chi connectivity index (χ0v) is 8.40. The van der Waals surface area contributed by atoms with Gasteiger partial charge in [-0.1, -0.05) is 11.8 Å². The number of carboxylic acid groups (broad SMARTS) is 1. The molecule has 0 radical (unpaired) electrons. The zero-order chi connectivity index (χ0) is 10.4. The molecule has 78 valence electrons. The first-order valence-corrected chi connectivity index (χ1v) is 4.82. The molecule has 0 spiro atoms. The van der Waals surface area contributed by atoms with Crippen molar-refractivity contribution in [3.05, 3.63) is 0 Å². The first kappa shape index (κ1) is 10.9. The highest BCUT2D eigenvalue weighted by Crippen LogP contribution is 2.12. The molecule has 0 bridgehead atoms. The van der Waals surface area contributed by atoms with Crippen molar-refractivity contribution in [2.24, 2.45) is 0 Å². The molecule has 1 aromatic rings. The van der Waals surface area contributed by atoms with E-state index in [1.807, 2.05) is 0 Å². The largest absolute Gasteiger partial charge is 0.481 e. The van der Waals surface area contributed by atoms with Gasteiger partial charge in [-0.25, -0.2) is 4.68 Å². The Morgan fingerprint density at radius 1 is 1.71 bits per heavy atom. The lowest BCUT2D eigenvalue weighted by atomic mass is 10.7. The molecule has 1 N–H and O–H groups in total. The van der Waals surface area contributed by atoms with Gasteiger partial charge in [-0.15, -0.1) is 5.10 Å². The second-order valence-corrected chi connectivity index (χ2v) is 3.30. The summed E-state index contributed by atoms with van der Waals surface area (Å²) >= 11 is 1.08. The maximum Gasteiger partial charge on any atom is 0.313 e. The summed E-state index contributed by atoms with van der Waals surface area (Å²) in [7, 11) is 1.58. The Kier molecular flexibility index (Phi) is 4.33. The van der Waals surface area contributed by atoms with Gasteiger partial charge in [-0.3, -0.25) is 4.79 Å². The maximum atomic E-state index is 10.3. The van der Waals surface area contributed by atoms with Crippen LogP contribution in [0.3, 0.4) is 0 Å². The second kappa shape index (κ2) is 5.55. The van der Waals surface area contributed by atoms with Gasteiger partial charge in [0, 0.05) is 7.11 Å². The number of thioether (sulfide) groups is 1. The lowest BCUT2D eigenvalue weighted by molar-refractivity contribution is -0.133. The van der Waals surface area contributed by atoms with E-state index in [-0.39, 0.29) is 5.75 Å². The number of nitrogens with zero attached hydrogens (tertiary/aromatic N) is 4. The first-order chi connectivity index (χ1) is 6.74. The lowest BCUT2D eigenvalue weighted by Gasteiger charge is -2.01. The van der Waals surface area contributed by atoms with Crippen LogP contribution in [-0.4, -0.2) is 50.8 Å². The van der Waals surface area contributed by atoms with Gasteiger partial charge in [0.15, 0.2) is 0 Å². The fraction of sp³-hybridized carbons (Fsp3) is 0.667. The molecule has 0 aliphatic carbocycles. The molecular weight excluding hydrogens is 208 g/mol. The van der Waals surface area contributed by atoms with Crippen molar-refractivity contribution in [2.75, 3.05) is 19.5 Å². The van der Waals surface area contributed by atoms with Crippen molar-refractivity contribution < 1.29 is 14.6 Å². The Hall–Kier alpha value is -1.15. The molecule has 1 heterocycles. The van der Waals surface area contributed by atoms with E-state index in [1.54, 1.807) is 7.11 Å². The molecule has 0 aliphatic rings. The molecule has 0 unspecified atom stereocenters. The molecule has 8 heteroatoms. The maximum absolute atomic E-state index is 10.3. The molecule has 0 amide bonds. The number of carboxylic acids is 1. The van der Waals surface area contributed by atoms with Gasteiger partial charge < -0.3 is 9.84 Å². The molecule has 0 saturated heterocycles. The SMILES string of the molecule is COCCn1nnnc1SCC(=O)O. The number of methoxy groups -OCH3 is 1. The average Bonchev–Trinajstić information content (AvgIpc) is 2.58. The number of hydrogen-bond donors (Lipinski definition) is 1. The number of rotatable bonds is 6. The third kappa shape index (κ3) is 3.30. The number of aliphatic carboxylic acids is 1. The Morgan fingerprint density at radius 2 is 2.50 bits per heavy atom. The quantitative estimate of drug-likeness (QED) is 0.643. The van der Waals surface area contributed by atoms with E-state index in [0.717, 1.165) is 11.8 Å². The number of hydrogen-bond acceptors (Lipinski definition) is 6. The average molecular weight is 218 g/mol. The third-order valence-electron chi connectivity index (χ3n) is 1.33. The number of aromatic nitrogens is 4. The van der Waals surface area contributed by atoms with Gasteiger partial charge in [0.25, 0.3) is 0 Å². The van der Waals surface area contributed by atoms with Crippen LogP contribution in [0.2, 0.25) is 0 Å². The van der Waals surface area contributed by atoms with Crippen LogP contribution in [0.1, 0.15) is 0 Å². The molecule has 14 heavy (non-hydrogen) atoms. The van der Waals surface area contributed by atoms with Crippen LogP contribution in [0.4, 0.5) is 0 Å². The van der Waals surface area contributed by atoms with E-state index in [0.29, 0.717) is 18.3 Å². The van der Waals surface area contributed by atoms with E-state index >= 15 is 0 Å². The Bertz CT molecular complexity index is 303. The number of carbonyl (C=O) groups is 1. The van der Waals surface area contributed by atoms with E-state index in [1.165, 1.54) is 4.68 Å². The van der Waals surface area contributed by atoms with Crippen LogP contribution in [0, 0.1) is 0 Å². The van der Waals surface area contributed by atoms with Crippen LogP contribution >= 0.6 is 11.8 Å². The highest BCUT2D eigenvalue weighted by atomic mass is 32.2. The predicted octanol–water partition coefficient (Wildman–Crippen LogP) is -0.504. The van der Waals surface area contributed by atoms with E-state index in [2.05, 4.69) is 15.5 Å². The van der Waals surface area contributed by atoms with Crippen LogP contribution in [0.15, 0.2) is 5.16 Å². The molecule has 1 aromatic heterocycles. The van der Waals surface area contributed by atoms with Gasteiger partial charge in [0.1, 0.15) is 0 Å². The van der Waals surface area contributed by atoms with Crippen molar-refractivity contribution >= 4 is 17.7 Å². The van der Waals surface area contributed by atoms with Crippen LogP contribution in [0.5, 0.6) is 0 Å². The molecule has 0 saturated carbocycles. The van der Waals surface area contributed by atoms with E-state index < -0.39 is 5.97 Å². The van der Waals surface area contributed by atoms with Gasteiger partial charge in [-0.05, 0) is 10.4 Å². The van der Waals surface area contributed by atoms with Crippen LogP contribution in [-0.2, 0) is 16.1 Å². The van der Waals surface area contributed by atoms with Crippen molar-refractivity contribution in [3.63, 3.8) is 0 Å². The third-order valence-corrected chi connectivity index (χ3v) is 2.27. The Morgan fingerprint density at radius 3 is 3.14 bits per heavy atom. The Labute approximate surface area is 84.4 Å². The molecule has 0 atom stereocenters. The lowest BCUT2D eigenvalue weighted by Crippen LogP contribution is -2.08. The fourth-order valence-electron chi connectivity index (χ4n) is 0.744. The topological polar surface area (TPSA) is 90.1 Å². The minimum atomic E-state index is -0.892. The van der Waals surface area contributed by atoms with Crippen molar-refractivity contribution in [1.29, 1.82) is 0 Å². The summed E-state index contributed by atoms with van der Waals surface area (Å²) in [6.07, 6.45) is 0. The number of ether oxygens (including phenoxy) is 1. The van der Waals surface area contributed by atoms with E-state index in [9.17, 15) is 4.79 Å². The van der Waals surface area contributed by atoms with Gasteiger partial charge in [0.05, 0.1) is 18.9 Å². The van der Waals surface area contributed by atoms with Crippen LogP contribution < -0.4 is 0 Å². The smallest absolute Gasteiger partial charge is 0.313 e. The molecular formula is C6H10N4O3S. The van der Waals surface area contributed by atoms with E-state index in [4.69, 9.17) is 9.84 Å². The van der Waals surface area contributed by atoms with Crippen molar-refractivity contribution in [2.45, 2.75) is 11.7 Å². The second-order valence-electron chi connectivity index (χ2n) is 2.36. The van der Waals surface area contributed by atoms with Crippen molar-refractivity contribution in [3.8, 4) is 0 Å². The fourth-order valence-corrected chi connectivity index (χ4v) is 1.37. The molecule has 0 fully saturated rings.